The highest BCUT2D eigenvalue weighted by Gasteiger charge is 1.86. The van der Waals surface area contributed by atoms with Crippen molar-refractivity contribution >= 4 is 11.5 Å². The van der Waals surface area contributed by atoms with Crippen molar-refractivity contribution in [2.75, 3.05) is 0 Å². The van der Waals surface area contributed by atoms with Crippen LogP contribution >= 0.6 is 11.5 Å². The lowest BCUT2D eigenvalue weighted by molar-refractivity contribution is 1.24. The summed E-state index contributed by atoms with van der Waals surface area (Å²) in [6.45, 7) is 0. The molecular weight excluding hydrogens is 110 g/mol. The van der Waals surface area contributed by atoms with Gasteiger partial charge in [-0.05, 0) is 11.5 Å². The van der Waals surface area contributed by atoms with Gasteiger partial charge in [0, 0.05) is 0 Å². The molecule has 0 aliphatic rings. The van der Waals surface area contributed by atoms with Crippen LogP contribution in [0.5, 0.6) is 0 Å². The fourth-order valence-electron chi connectivity index (χ4n) is 0.220. The van der Waals surface area contributed by atoms with Crippen LogP contribution in [0.15, 0.2) is 5.51 Å². The third kappa shape index (κ3) is 0.725. The molecule has 7 heavy (non-hydrogen) atoms. The molecule has 0 saturated carbocycles. The van der Waals surface area contributed by atoms with Crippen molar-refractivity contribution in [1.29, 1.82) is 5.26 Å². The fourth-order valence-corrected chi connectivity index (χ4v) is 0.602. The van der Waals surface area contributed by atoms with Gasteiger partial charge < -0.3 is 0 Å². The Morgan fingerprint density at radius 2 is 2.71 bits per heavy atom. The van der Waals surface area contributed by atoms with Gasteiger partial charge in [-0.25, -0.2) is 4.98 Å². The molecule has 0 unspecified atom stereocenters. The molecule has 1 heterocycles. The van der Waals surface area contributed by atoms with Crippen molar-refractivity contribution in [2.24, 2.45) is 0 Å². The van der Waals surface area contributed by atoms with E-state index in [9.17, 15) is 0 Å². The van der Waals surface area contributed by atoms with Gasteiger partial charge in [0.2, 0.25) is 5.82 Å². The molecule has 4 heteroatoms. The minimum atomic E-state index is 0.255. The van der Waals surface area contributed by atoms with Gasteiger partial charge >= 0.3 is 0 Å². The van der Waals surface area contributed by atoms with Crippen LogP contribution in [0.4, 0.5) is 0 Å². The Morgan fingerprint density at radius 3 is 3.00 bits per heavy atom. The maximum atomic E-state index is 8.06. The second kappa shape index (κ2) is 1.67. The molecule has 1 aromatic rings. The Hall–Kier alpha value is -0.950. The Labute approximate surface area is 44.4 Å². The Balaban J connectivity index is 3.04. The van der Waals surface area contributed by atoms with Gasteiger partial charge in [-0.3, -0.25) is 0 Å². The van der Waals surface area contributed by atoms with Gasteiger partial charge in [0.1, 0.15) is 11.6 Å². The summed E-state index contributed by atoms with van der Waals surface area (Å²) < 4.78 is 3.60. The normalized spacial score (nSPS) is 7.86. The SMILES string of the molecule is N#Cc1ncsn1. The summed E-state index contributed by atoms with van der Waals surface area (Å²) in [7, 11) is 0. The molecule has 1 aromatic heterocycles. The maximum Gasteiger partial charge on any atom is 0.243 e. The van der Waals surface area contributed by atoms with Crippen molar-refractivity contribution in [3.8, 4) is 6.07 Å². The van der Waals surface area contributed by atoms with Crippen molar-refractivity contribution in [1.82, 2.24) is 9.36 Å². The maximum absolute atomic E-state index is 8.06. The number of rotatable bonds is 0. The van der Waals surface area contributed by atoms with Gasteiger partial charge in [-0.15, -0.1) is 0 Å². The van der Waals surface area contributed by atoms with E-state index in [2.05, 4.69) is 9.36 Å². The highest BCUT2D eigenvalue weighted by atomic mass is 32.1. The van der Waals surface area contributed by atoms with Crippen LogP contribution < -0.4 is 0 Å². The number of hydrogen-bond donors (Lipinski definition) is 0. The Morgan fingerprint density at radius 1 is 1.86 bits per heavy atom. The van der Waals surface area contributed by atoms with Gasteiger partial charge in [0.25, 0.3) is 0 Å². The fraction of sp³-hybridized carbons (Fsp3) is 0. The molecule has 0 aromatic carbocycles. The first kappa shape index (κ1) is 4.22. The number of hydrogen-bond acceptors (Lipinski definition) is 4. The summed E-state index contributed by atoms with van der Waals surface area (Å²) in [4.78, 5) is 3.58. The van der Waals surface area contributed by atoms with Gasteiger partial charge in [-0.2, -0.15) is 9.64 Å². The molecule has 1 rings (SSSR count). The first-order chi connectivity index (χ1) is 3.43. The topological polar surface area (TPSA) is 49.6 Å². The summed E-state index contributed by atoms with van der Waals surface area (Å²) >= 11 is 1.18. The number of nitrogens with zero attached hydrogens (tertiary/aromatic N) is 3. The lowest BCUT2D eigenvalue weighted by Gasteiger charge is -1.60. The van der Waals surface area contributed by atoms with E-state index in [1.54, 1.807) is 6.07 Å². The van der Waals surface area contributed by atoms with Gasteiger partial charge in [-0.1, -0.05) is 0 Å². The minimum absolute atomic E-state index is 0.255. The van der Waals surface area contributed by atoms with Crippen LogP contribution in [-0.4, -0.2) is 9.36 Å². The molecule has 0 atom stereocenters. The molecule has 0 amide bonds. The zero-order valence-corrected chi connectivity index (χ0v) is 4.14. The average molecular weight is 111 g/mol. The van der Waals surface area contributed by atoms with Gasteiger partial charge in [0.15, 0.2) is 0 Å². The molecule has 0 radical (unpaired) electrons. The Kier molecular flexibility index (Phi) is 1.00. The summed E-state index contributed by atoms with van der Waals surface area (Å²) in [5.74, 6) is 0.255. The minimum Gasteiger partial charge on any atom is -0.214 e. The standard InChI is InChI=1S/C3HN3S/c4-1-3-5-2-7-6-3/h2H. The molecule has 0 fully saturated rings. The molecule has 0 saturated heterocycles. The highest BCUT2D eigenvalue weighted by molar-refractivity contribution is 7.03. The lowest BCUT2D eigenvalue weighted by atomic mass is 10.7. The number of aromatic nitrogens is 2. The largest absolute Gasteiger partial charge is 0.243 e. The third-order valence-corrected chi connectivity index (χ3v) is 0.939. The van der Waals surface area contributed by atoms with Crippen LogP contribution in [0, 0.1) is 11.3 Å². The molecule has 3 nitrogen and oxygen atoms in total. The van der Waals surface area contributed by atoms with E-state index in [-0.39, 0.29) is 5.82 Å². The van der Waals surface area contributed by atoms with E-state index in [4.69, 9.17) is 5.26 Å². The van der Waals surface area contributed by atoms with Crippen molar-refractivity contribution in [3.05, 3.63) is 11.3 Å². The predicted octanol–water partition coefficient (Wildman–Crippen LogP) is 0.410. The average Bonchev–Trinajstić information content (AvgIpc) is 2.14. The van der Waals surface area contributed by atoms with Crippen molar-refractivity contribution < 1.29 is 0 Å². The van der Waals surface area contributed by atoms with E-state index >= 15 is 0 Å². The summed E-state index contributed by atoms with van der Waals surface area (Å²) in [5, 5.41) is 8.06. The van der Waals surface area contributed by atoms with Crippen LogP contribution in [0.3, 0.4) is 0 Å². The first-order valence-electron chi connectivity index (χ1n) is 1.60. The number of nitriles is 1. The summed E-state index contributed by atoms with van der Waals surface area (Å²) in [6.07, 6.45) is 0. The molecule has 0 spiro atoms. The van der Waals surface area contributed by atoms with E-state index in [0.29, 0.717) is 0 Å². The zero-order chi connectivity index (χ0) is 5.11. The van der Waals surface area contributed by atoms with Gasteiger partial charge in [0.05, 0.1) is 0 Å². The lowest BCUT2D eigenvalue weighted by Crippen LogP contribution is -1.70. The van der Waals surface area contributed by atoms with Crippen molar-refractivity contribution in [2.45, 2.75) is 0 Å². The predicted molar refractivity (Wildman–Crippen MR) is 24.6 cm³/mol. The third-order valence-electron chi connectivity index (χ3n) is 0.461. The molecular formula is C3HN3S. The summed E-state index contributed by atoms with van der Waals surface area (Å²) in [6, 6.07) is 1.80. The molecule has 0 N–H and O–H groups in total. The monoisotopic (exact) mass is 111 g/mol. The molecule has 0 aliphatic carbocycles. The van der Waals surface area contributed by atoms with Crippen LogP contribution in [0.25, 0.3) is 0 Å². The van der Waals surface area contributed by atoms with Crippen LogP contribution in [0.2, 0.25) is 0 Å². The van der Waals surface area contributed by atoms with E-state index in [1.807, 2.05) is 0 Å². The van der Waals surface area contributed by atoms with E-state index < -0.39 is 0 Å². The zero-order valence-electron chi connectivity index (χ0n) is 3.33. The molecule has 0 aliphatic heterocycles. The molecule has 0 bridgehead atoms. The van der Waals surface area contributed by atoms with Crippen LogP contribution in [0.1, 0.15) is 5.82 Å². The van der Waals surface area contributed by atoms with E-state index in [1.165, 1.54) is 17.0 Å². The summed E-state index contributed by atoms with van der Waals surface area (Å²) in [5.41, 5.74) is 1.53. The van der Waals surface area contributed by atoms with Crippen molar-refractivity contribution in [3.63, 3.8) is 0 Å². The second-order valence-electron chi connectivity index (χ2n) is 0.867. The quantitative estimate of drug-likeness (QED) is 0.487. The van der Waals surface area contributed by atoms with Crippen LogP contribution in [-0.2, 0) is 0 Å². The second-order valence-corrected chi connectivity index (χ2v) is 1.47. The smallest absolute Gasteiger partial charge is 0.214 e. The highest BCUT2D eigenvalue weighted by Crippen LogP contribution is 1.88. The first-order valence-corrected chi connectivity index (χ1v) is 2.43. The van der Waals surface area contributed by atoms with E-state index in [0.717, 1.165) is 0 Å². The molecule has 34 valence electrons. The Bertz CT molecular complexity index is 173.